The minimum atomic E-state index is -0.0344. The van der Waals surface area contributed by atoms with Crippen LogP contribution in [-0.4, -0.2) is 45.1 Å². The molecular formula is C18H23N5OS. The first kappa shape index (κ1) is 16.6. The van der Waals surface area contributed by atoms with E-state index in [0.29, 0.717) is 17.0 Å². The summed E-state index contributed by atoms with van der Waals surface area (Å²) in [6.07, 6.45) is 7.73. The predicted molar refractivity (Wildman–Crippen MR) is 96.3 cm³/mol. The highest BCUT2D eigenvalue weighted by atomic mass is 32.1. The van der Waals surface area contributed by atoms with E-state index >= 15 is 0 Å². The molecular weight excluding hydrogens is 334 g/mol. The highest BCUT2D eigenvalue weighted by Gasteiger charge is 2.46. The fraction of sp³-hybridized carbons (Fsp3) is 0.556. The molecule has 2 aromatic heterocycles. The molecule has 1 saturated heterocycles. The number of likely N-dealkylation sites (tertiary alicyclic amines) is 1. The van der Waals surface area contributed by atoms with Gasteiger partial charge in [-0.2, -0.15) is 10.2 Å². The number of aryl methyl sites for hydroxylation is 1. The summed E-state index contributed by atoms with van der Waals surface area (Å²) in [5, 5.41) is 10.6. The first-order valence-electron chi connectivity index (χ1n) is 8.82. The molecule has 6 nitrogen and oxygen atoms in total. The zero-order valence-electron chi connectivity index (χ0n) is 14.4. The van der Waals surface area contributed by atoms with Gasteiger partial charge in [0.25, 0.3) is 5.91 Å². The summed E-state index contributed by atoms with van der Waals surface area (Å²) < 4.78 is 0. The highest BCUT2D eigenvalue weighted by molar-refractivity contribution is 7.09. The normalized spacial score (nSPS) is 20.4. The fourth-order valence-electron chi connectivity index (χ4n) is 4.06. The fourth-order valence-corrected chi connectivity index (χ4v) is 4.87. The standard InChI is InChI=1S/C18H23N5OS/c1-13-16(25-12-19-13)11-23-6-3-18(4-7-23)8-15(9-18)22-17(24)14-2-5-20-21-10-14/h2,5,10,12,15H,3-4,6-9,11H2,1H3,(H,22,24). The average molecular weight is 357 g/mol. The molecule has 1 aliphatic carbocycles. The van der Waals surface area contributed by atoms with Crippen molar-refractivity contribution in [1.82, 2.24) is 25.4 Å². The number of carbonyl (C=O) groups excluding carboxylic acids is 1. The van der Waals surface area contributed by atoms with Crippen molar-refractivity contribution in [2.45, 2.75) is 45.2 Å². The van der Waals surface area contributed by atoms with E-state index < -0.39 is 0 Å². The summed E-state index contributed by atoms with van der Waals surface area (Å²) in [7, 11) is 0. The zero-order chi connectivity index (χ0) is 17.3. The maximum atomic E-state index is 12.2. The third-order valence-corrected chi connectivity index (χ3v) is 6.59. The Morgan fingerprint density at radius 2 is 2.16 bits per heavy atom. The van der Waals surface area contributed by atoms with Crippen molar-refractivity contribution in [3.05, 3.63) is 40.1 Å². The Morgan fingerprint density at radius 1 is 1.36 bits per heavy atom. The molecule has 0 radical (unpaired) electrons. The van der Waals surface area contributed by atoms with E-state index in [9.17, 15) is 4.79 Å². The van der Waals surface area contributed by atoms with Gasteiger partial charge in [0.15, 0.2) is 0 Å². The Kier molecular flexibility index (Phi) is 4.52. The first-order valence-corrected chi connectivity index (χ1v) is 9.70. The van der Waals surface area contributed by atoms with Crippen molar-refractivity contribution < 1.29 is 4.79 Å². The monoisotopic (exact) mass is 357 g/mol. The Labute approximate surface area is 151 Å². The molecule has 0 unspecified atom stereocenters. The van der Waals surface area contributed by atoms with Gasteiger partial charge in [0, 0.05) is 17.5 Å². The van der Waals surface area contributed by atoms with E-state index in [0.717, 1.165) is 32.5 Å². The summed E-state index contributed by atoms with van der Waals surface area (Å²) in [5.41, 5.74) is 4.13. The van der Waals surface area contributed by atoms with Crippen molar-refractivity contribution >= 4 is 17.2 Å². The van der Waals surface area contributed by atoms with Crippen LogP contribution in [-0.2, 0) is 6.54 Å². The maximum absolute atomic E-state index is 12.2. The van der Waals surface area contributed by atoms with Gasteiger partial charge in [0.2, 0.25) is 0 Å². The number of rotatable bonds is 4. The topological polar surface area (TPSA) is 71.0 Å². The molecule has 3 heterocycles. The van der Waals surface area contributed by atoms with Gasteiger partial charge in [0.1, 0.15) is 0 Å². The molecule has 25 heavy (non-hydrogen) atoms. The van der Waals surface area contributed by atoms with E-state index in [1.54, 1.807) is 23.6 Å². The Hall–Kier alpha value is -1.86. The molecule has 1 N–H and O–H groups in total. The van der Waals surface area contributed by atoms with Crippen molar-refractivity contribution in [2.24, 2.45) is 5.41 Å². The lowest BCUT2D eigenvalue weighted by Gasteiger charge is -2.52. The number of nitrogens with one attached hydrogen (secondary N) is 1. The van der Waals surface area contributed by atoms with Crippen LogP contribution in [0.5, 0.6) is 0 Å². The Balaban J connectivity index is 1.24. The predicted octanol–water partition coefficient (Wildman–Crippen LogP) is 2.42. The molecule has 7 heteroatoms. The van der Waals surface area contributed by atoms with Crippen LogP contribution in [0.15, 0.2) is 24.0 Å². The average Bonchev–Trinajstić information content (AvgIpc) is 3.01. The lowest BCUT2D eigenvalue weighted by Crippen LogP contribution is -2.54. The quantitative estimate of drug-likeness (QED) is 0.910. The van der Waals surface area contributed by atoms with E-state index in [2.05, 4.69) is 32.3 Å². The third-order valence-electron chi connectivity index (χ3n) is 5.67. The molecule has 1 spiro atoms. The molecule has 1 amide bonds. The minimum Gasteiger partial charge on any atom is -0.349 e. The van der Waals surface area contributed by atoms with E-state index in [4.69, 9.17) is 0 Å². The SMILES string of the molecule is Cc1ncsc1CN1CCC2(CC1)CC(NC(=O)c1ccnnc1)C2. The number of piperidine rings is 1. The second kappa shape index (κ2) is 6.80. The zero-order valence-corrected chi connectivity index (χ0v) is 15.3. The van der Waals surface area contributed by atoms with Gasteiger partial charge < -0.3 is 5.32 Å². The molecule has 2 aliphatic rings. The number of hydrogen-bond acceptors (Lipinski definition) is 6. The second-order valence-corrected chi connectivity index (χ2v) is 8.29. The molecule has 2 fully saturated rings. The number of nitrogens with zero attached hydrogens (tertiary/aromatic N) is 4. The van der Waals surface area contributed by atoms with Crippen LogP contribution in [0.3, 0.4) is 0 Å². The van der Waals surface area contributed by atoms with Crippen LogP contribution < -0.4 is 5.32 Å². The van der Waals surface area contributed by atoms with Crippen LogP contribution in [0.4, 0.5) is 0 Å². The molecule has 132 valence electrons. The highest BCUT2D eigenvalue weighted by Crippen LogP contribution is 2.49. The summed E-state index contributed by atoms with van der Waals surface area (Å²) in [6.45, 7) is 5.41. The van der Waals surface area contributed by atoms with Crippen LogP contribution in [0.2, 0.25) is 0 Å². The molecule has 1 aliphatic heterocycles. The maximum Gasteiger partial charge on any atom is 0.253 e. The largest absolute Gasteiger partial charge is 0.349 e. The van der Waals surface area contributed by atoms with Crippen LogP contribution in [0.1, 0.15) is 46.6 Å². The van der Waals surface area contributed by atoms with Crippen molar-refractivity contribution in [3.8, 4) is 0 Å². The second-order valence-electron chi connectivity index (χ2n) is 7.35. The van der Waals surface area contributed by atoms with Crippen molar-refractivity contribution in [2.75, 3.05) is 13.1 Å². The summed E-state index contributed by atoms with van der Waals surface area (Å²) >= 11 is 1.76. The third kappa shape index (κ3) is 3.57. The van der Waals surface area contributed by atoms with Gasteiger partial charge in [-0.15, -0.1) is 11.3 Å². The number of thiazole rings is 1. The first-order chi connectivity index (χ1) is 12.1. The van der Waals surface area contributed by atoms with Gasteiger partial charge in [-0.05, 0) is 57.2 Å². The van der Waals surface area contributed by atoms with Crippen molar-refractivity contribution in [1.29, 1.82) is 0 Å². The molecule has 0 bridgehead atoms. The smallest absolute Gasteiger partial charge is 0.253 e. The molecule has 2 aromatic rings. The van der Waals surface area contributed by atoms with Crippen LogP contribution in [0, 0.1) is 12.3 Å². The summed E-state index contributed by atoms with van der Waals surface area (Å²) in [5.74, 6) is -0.0344. The summed E-state index contributed by atoms with van der Waals surface area (Å²) in [6, 6.07) is 2.01. The van der Waals surface area contributed by atoms with Gasteiger partial charge >= 0.3 is 0 Å². The Morgan fingerprint density at radius 3 is 2.80 bits per heavy atom. The van der Waals surface area contributed by atoms with Crippen LogP contribution in [0.25, 0.3) is 0 Å². The molecule has 1 saturated carbocycles. The van der Waals surface area contributed by atoms with E-state index in [1.165, 1.54) is 29.6 Å². The van der Waals surface area contributed by atoms with Gasteiger partial charge in [-0.1, -0.05) is 0 Å². The Bertz CT molecular complexity index is 731. The summed E-state index contributed by atoms with van der Waals surface area (Å²) in [4.78, 5) is 20.5. The van der Waals surface area contributed by atoms with E-state index in [1.807, 2.05) is 5.51 Å². The van der Waals surface area contributed by atoms with E-state index in [-0.39, 0.29) is 5.91 Å². The van der Waals surface area contributed by atoms with Gasteiger partial charge in [-0.3, -0.25) is 9.69 Å². The lowest BCUT2D eigenvalue weighted by atomic mass is 9.60. The number of carbonyl (C=O) groups is 1. The molecule has 4 rings (SSSR count). The lowest BCUT2D eigenvalue weighted by molar-refractivity contribution is 0.00488. The van der Waals surface area contributed by atoms with Gasteiger partial charge in [-0.25, -0.2) is 4.98 Å². The number of hydrogen-bond donors (Lipinski definition) is 1. The molecule has 0 atom stereocenters. The number of amides is 1. The van der Waals surface area contributed by atoms with Crippen LogP contribution >= 0.6 is 11.3 Å². The molecule has 0 aromatic carbocycles. The van der Waals surface area contributed by atoms with Crippen molar-refractivity contribution in [3.63, 3.8) is 0 Å². The number of aromatic nitrogens is 3. The minimum absolute atomic E-state index is 0.0344. The van der Waals surface area contributed by atoms with Gasteiger partial charge in [0.05, 0.1) is 29.2 Å².